The Morgan fingerprint density at radius 1 is 0.229 bits per heavy atom. The van der Waals surface area contributed by atoms with Crippen molar-refractivity contribution in [2.24, 2.45) is 0 Å². The summed E-state index contributed by atoms with van der Waals surface area (Å²) in [4.78, 5) is 38.4. The fourth-order valence-corrected chi connectivity index (χ4v) is 12.0. The summed E-state index contributed by atoms with van der Waals surface area (Å²) in [5.41, 5.74) is 0. The first-order chi connectivity index (χ1) is 41.0. The summed E-state index contributed by atoms with van der Waals surface area (Å²) >= 11 is 0. The highest BCUT2D eigenvalue weighted by atomic mass is 16.6. The van der Waals surface area contributed by atoms with E-state index >= 15 is 0 Å². The largest absolute Gasteiger partial charge is 0.462 e. The monoisotopic (exact) mass is 1170 g/mol. The van der Waals surface area contributed by atoms with Gasteiger partial charge in [0, 0.05) is 19.3 Å². The van der Waals surface area contributed by atoms with Crippen molar-refractivity contribution < 1.29 is 28.6 Å². The lowest BCUT2D eigenvalue weighted by Crippen LogP contribution is -2.30. The van der Waals surface area contributed by atoms with Crippen molar-refractivity contribution in [1.82, 2.24) is 0 Å². The number of hydrogen-bond donors (Lipinski definition) is 0. The number of rotatable bonds is 72. The first-order valence-corrected chi connectivity index (χ1v) is 38.2. The van der Waals surface area contributed by atoms with Gasteiger partial charge in [-0.05, 0) is 44.9 Å². The fraction of sp³-hybridized carbons (Fsp3) is 0.935. The van der Waals surface area contributed by atoms with Gasteiger partial charge in [-0.25, -0.2) is 0 Å². The predicted molar refractivity (Wildman–Crippen MR) is 363 cm³/mol. The van der Waals surface area contributed by atoms with E-state index in [0.29, 0.717) is 19.3 Å². The average Bonchev–Trinajstić information content (AvgIpc) is 3.48. The lowest BCUT2D eigenvalue weighted by atomic mass is 10.0. The molecule has 1 unspecified atom stereocenters. The first kappa shape index (κ1) is 81.2. The molecule has 0 rings (SSSR count). The Hall–Kier alpha value is -1.85. The van der Waals surface area contributed by atoms with Crippen molar-refractivity contribution in [3.8, 4) is 0 Å². The highest BCUT2D eigenvalue weighted by Crippen LogP contribution is 2.20. The van der Waals surface area contributed by atoms with Crippen LogP contribution in [0.5, 0.6) is 0 Å². The van der Waals surface area contributed by atoms with Crippen LogP contribution < -0.4 is 0 Å². The van der Waals surface area contributed by atoms with Crippen LogP contribution >= 0.6 is 0 Å². The van der Waals surface area contributed by atoms with Crippen LogP contribution in [0.25, 0.3) is 0 Å². The minimum absolute atomic E-state index is 0.0631. The second-order valence-corrected chi connectivity index (χ2v) is 26.3. The molecule has 6 heteroatoms. The zero-order valence-electron chi connectivity index (χ0n) is 56.8. The van der Waals surface area contributed by atoms with E-state index in [9.17, 15) is 14.4 Å². The maximum Gasteiger partial charge on any atom is 0.306 e. The van der Waals surface area contributed by atoms with Gasteiger partial charge in [-0.2, -0.15) is 0 Å². The van der Waals surface area contributed by atoms with Crippen molar-refractivity contribution in [2.75, 3.05) is 13.2 Å². The summed E-state index contributed by atoms with van der Waals surface area (Å²) in [7, 11) is 0. The van der Waals surface area contributed by atoms with Gasteiger partial charge in [0.15, 0.2) is 6.10 Å². The summed E-state index contributed by atoms with van der Waals surface area (Å²) in [5.74, 6) is -0.828. The molecule has 0 aliphatic rings. The standard InChI is InChI=1S/C77H148O6/c1-4-7-10-13-16-19-22-24-26-28-30-32-34-35-36-37-38-39-40-41-43-44-46-48-50-52-55-58-61-64-67-70-76(79)82-73-74(72-81-75(78)69-66-63-60-57-54-21-18-15-12-9-6-3)83-77(80)71-68-65-62-59-56-53-51-49-47-45-42-33-31-29-27-25-23-20-17-14-11-8-5-2/h29,31,74H,4-28,30,32-73H2,1-3H3/b31-29-. The van der Waals surface area contributed by atoms with Gasteiger partial charge in [0.1, 0.15) is 13.2 Å². The van der Waals surface area contributed by atoms with Gasteiger partial charge in [0.25, 0.3) is 0 Å². The SMILES string of the molecule is CCCCCCCCCC/C=C\CCCCCCCCCCCCCC(=O)OC(COC(=O)CCCCCCCCCCCCC)COC(=O)CCCCCCCCCCCCCCCCCCCCCCCCCCCCCCCCC. The molecule has 0 bridgehead atoms. The van der Waals surface area contributed by atoms with E-state index in [0.717, 1.165) is 57.8 Å². The van der Waals surface area contributed by atoms with Gasteiger partial charge in [0.05, 0.1) is 0 Å². The maximum atomic E-state index is 13.0. The number of carbonyl (C=O) groups excluding carboxylic acids is 3. The molecule has 6 nitrogen and oxygen atoms in total. The lowest BCUT2D eigenvalue weighted by Gasteiger charge is -2.18. The average molecular weight is 1170 g/mol. The molecule has 0 saturated heterocycles. The van der Waals surface area contributed by atoms with Crippen molar-refractivity contribution in [1.29, 1.82) is 0 Å². The summed E-state index contributed by atoms with van der Waals surface area (Å²) in [6, 6.07) is 0. The summed E-state index contributed by atoms with van der Waals surface area (Å²) in [6.45, 7) is 6.73. The van der Waals surface area contributed by atoms with Crippen LogP contribution in [0.3, 0.4) is 0 Å². The van der Waals surface area contributed by atoms with E-state index in [1.807, 2.05) is 0 Å². The number of unbranched alkanes of at least 4 members (excludes halogenated alkanes) is 59. The number of carbonyl (C=O) groups is 3. The molecule has 492 valence electrons. The molecule has 0 saturated carbocycles. The lowest BCUT2D eigenvalue weighted by molar-refractivity contribution is -0.167. The molecule has 0 N–H and O–H groups in total. The molecule has 0 amide bonds. The molecule has 0 aromatic rings. The van der Waals surface area contributed by atoms with E-state index < -0.39 is 6.10 Å². The van der Waals surface area contributed by atoms with Gasteiger partial charge < -0.3 is 14.2 Å². The van der Waals surface area contributed by atoms with E-state index in [4.69, 9.17) is 14.2 Å². The first-order valence-electron chi connectivity index (χ1n) is 38.2. The van der Waals surface area contributed by atoms with E-state index in [2.05, 4.69) is 32.9 Å². The van der Waals surface area contributed by atoms with E-state index in [1.165, 1.54) is 347 Å². The molecule has 1 atom stereocenters. The molecule has 0 aliphatic carbocycles. The molecular formula is C77H148O6. The summed E-state index contributed by atoms with van der Waals surface area (Å²) < 4.78 is 17.0. The summed E-state index contributed by atoms with van der Waals surface area (Å²) in [6.07, 6.45) is 88.5. The van der Waals surface area contributed by atoms with Gasteiger partial charge in [-0.1, -0.05) is 392 Å². The zero-order chi connectivity index (χ0) is 59.9. The van der Waals surface area contributed by atoms with Crippen molar-refractivity contribution >= 4 is 17.9 Å². The molecule has 0 aliphatic heterocycles. The maximum absolute atomic E-state index is 13.0. The van der Waals surface area contributed by atoms with Crippen LogP contribution in [0.4, 0.5) is 0 Å². The Bertz CT molecular complexity index is 1300. The minimum Gasteiger partial charge on any atom is -0.462 e. The van der Waals surface area contributed by atoms with Gasteiger partial charge in [-0.3, -0.25) is 14.4 Å². The minimum atomic E-state index is -0.767. The topological polar surface area (TPSA) is 78.9 Å². The second-order valence-electron chi connectivity index (χ2n) is 26.3. The molecule has 0 radical (unpaired) electrons. The molecule has 0 aromatic carbocycles. The number of esters is 3. The van der Waals surface area contributed by atoms with Gasteiger partial charge >= 0.3 is 17.9 Å². The van der Waals surface area contributed by atoms with Crippen LogP contribution in [-0.2, 0) is 28.6 Å². The predicted octanol–water partition coefficient (Wildman–Crippen LogP) is 26.3. The van der Waals surface area contributed by atoms with E-state index in [1.54, 1.807) is 0 Å². The molecule has 0 heterocycles. The Morgan fingerprint density at radius 2 is 0.398 bits per heavy atom. The number of hydrogen-bond acceptors (Lipinski definition) is 6. The van der Waals surface area contributed by atoms with Gasteiger partial charge in [0.2, 0.25) is 0 Å². The molecule has 0 fully saturated rings. The van der Waals surface area contributed by atoms with Crippen molar-refractivity contribution in [3.63, 3.8) is 0 Å². The van der Waals surface area contributed by atoms with Crippen molar-refractivity contribution in [2.45, 2.75) is 451 Å². The number of allylic oxidation sites excluding steroid dienone is 2. The van der Waals surface area contributed by atoms with Gasteiger partial charge in [-0.15, -0.1) is 0 Å². The highest BCUT2D eigenvalue weighted by molar-refractivity contribution is 5.71. The van der Waals surface area contributed by atoms with Crippen LogP contribution in [0.15, 0.2) is 12.2 Å². The Labute approximate surface area is 520 Å². The van der Waals surface area contributed by atoms with Crippen molar-refractivity contribution in [3.05, 3.63) is 12.2 Å². The molecule has 0 aromatic heterocycles. The summed E-state index contributed by atoms with van der Waals surface area (Å²) in [5, 5.41) is 0. The number of ether oxygens (including phenoxy) is 3. The molecule has 0 spiro atoms. The fourth-order valence-electron chi connectivity index (χ4n) is 12.0. The Balaban J connectivity index is 4.08. The van der Waals surface area contributed by atoms with Crippen LogP contribution in [0.1, 0.15) is 445 Å². The quantitative estimate of drug-likeness (QED) is 0.0261. The highest BCUT2D eigenvalue weighted by Gasteiger charge is 2.20. The smallest absolute Gasteiger partial charge is 0.306 e. The molecular weight excluding hydrogens is 1020 g/mol. The van der Waals surface area contributed by atoms with Crippen LogP contribution in [0, 0.1) is 0 Å². The third kappa shape index (κ3) is 70.8. The second kappa shape index (κ2) is 72.6. The normalized spacial score (nSPS) is 12.0. The van der Waals surface area contributed by atoms with E-state index in [-0.39, 0.29) is 31.1 Å². The molecule has 83 heavy (non-hydrogen) atoms. The third-order valence-corrected chi connectivity index (χ3v) is 17.8. The zero-order valence-corrected chi connectivity index (χ0v) is 56.8. The van der Waals surface area contributed by atoms with Crippen LogP contribution in [0.2, 0.25) is 0 Å². The third-order valence-electron chi connectivity index (χ3n) is 17.8. The Kier molecular flexibility index (Phi) is 71.0. The Morgan fingerprint density at radius 3 is 0.602 bits per heavy atom. The van der Waals surface area contributed by atoms with Crippen LogP contribution in [-0.4, -0.2) is 37.2 Å².